The number of nitrogens with zero attached hydrogens (tertiary/aromatic N) is 2. The zero-order chi connectivity index (χ0) is 40.8. The fourth-order valence-electron chi connectivity index (χ4n) is 10.4. The third-order valence-corrected chi connectivity index (χ3v) is 14.0. The van der Waals surface area contributed by atoms with Gasteiger partial charge in [-0.15, -0.1) is 0 Å². The second-order valence-electron chi connectivity index (χ2n) is 22.2. The lowest BCUT2D eigenvalue weighted by Gasteiger charge is -2.49. The van der Waals surface area contributed by atoms with Crippen LogP contribution in [0.2, 0.25) is 0 Å². The van der Waals surface area contributed by atoms with E-state index in [9.17, 15) is 0 Å². The van der Waals surface area contributed by atoms with Crippen LogP contribution in [-0.4, -0.2) is 12.7 Å². The normalized spacial score (nSPS) is 20.3. The molecular weight excluding hydrogens is 691 g/mol. The Hall–Kier alpha value is -4.44. The molecule has 3 aliphatic heterocycles. The van der Waals surface area contributed by atoms with E-state index in [0.29, 0.717) is 0 Å². The number of aryl methyl sites for hydroxylation is 1. The first kappa shape index (κ1) is 38.1. The van der Waals surface area contributed by atoms with E-state index in [4.69, 9.17) is 4.74 Å². The van der Waals surface area contributed by atoms with Gasteiger partial charge in [0.1, 0.15) is 11.8 Å². The van der Waals surface area contributed by atoms with Crippen LogP contribution in [0.4, 0.5) is 28.4 Å². The quantitative estimate of drug-likeness (QED) is 0.167. The van der Waals surface area contributed by atoms with Crippen LogP contribution in [0.3, 0.4) is 0 Å². The standard InChI is InChI=1S/C53H63BN2O/c1-32-27-43-46-44(28-32)56(37-21-22-39-40(31-37)53(13,14)26-25-52(39,11)12)47-38-29-34(50(5,6)7)18-24-45(38)57-48(47)54(46)41-23-17-35(51(8,9)10)30-42(41)55(43)36-19-15-33(16-20-36)49(2,3)4/h15-24,27-31,47-48H,25-26H2,1-14H3. The van der Waals surface area contributed by atoms with Crippen molar-refractivity contribution < 1.29 is 4.74 Å². The van der Waals surface area contributed by atoms with Crippen molar-refractivity contribution in [3.63, 3.8) is 0 Å². The Labute approximate surface area is 343 Å². The van der Waals surface area contributed by atoms with E-state index in [-0.39, 0.29) is 45.8 Å². The monoisotopic (exact) mass is 755 g/mol. The maximum Gasteiger partial charge on any atom is 0.267 e. The van der Waals surface area contributed by atoms with Gasteiger partial charge in [-0.1, -0.05) is 126 Å². The molecule has 9 rings (SSSR count). The molecule has 3 heterocycles. The van der Waals surface area contributed by atoms with E-state index in [2.05, 4.69) is 198 Å². The van der Waals surface area contributed by atoms with Crippen molar-refractivity contribution in [1.82, 2.24) is 0 Å². The number of fused-ring (bicyclic) bond motifs is 7. The van der Waals surface area contributed by atoms with E-state index >= 15 is 0 Å². The van der Waals surface area contributed by atoms with E-state index in [1.807, 2.05) is 0 Å². The van der Waals surface area contributed by atoms with Crippen molar-refractivity contribution in [1.29, 1.82) is 0 Å². The molecule has 0 aromatic heterocycles. The highest BCUT2D eigenvalue weighted by Gasteiger charge is 2.55. The number of benzene rings is 5. The van der Waals surface area contributed by atoms with Crippen LogP contribution in [-0.2, 0) is 27.1 Å². The average Bonchev–Trinajstić information content (AvgIpc) is 3.50. The number of rotatable bonds is 2. The molecule has 0 amide bonds. The lowest BCUT2D eigenvalue weighted by molar-refractivity contribution is 0.282. The molecule has 4 aliphatic rings. The van der Waals surface area contributed by atoms with E-state index in [0.717, 1.165) is 5.75 Å². The van der Waals surface area contributed by atoms with Gasteiger partial charge >= 0.3 is 0 Å². The summed E-state index contributed by atoms with van der Waals surface area (Å²) in [6.45, 7) is 32.9. The van der Waals surface area contributed by atoms with Gasteiger partial charge < -0.3 is 14.5 Å². The summed E-state index contributed by atoms with van der Waals surface area (Å²) < 4.78 is 7.38. The minimum absolute atomic E-state index is 0.0000234. The molecule has 5 aromatic carbocycles. The maximum atomic E-state index is 7.38. The van der Waals surface area contributed by atoms with E-state index < -0.39 is 0 Å². The fourth-order valence-corrected chi connectivity index (χ4v) is 10.4. The van der Waals surface area contributed by atoms with Gasteiger partial charge in [-0.25, -0.2) is 0 Å². The molecule has 0 saturated carbocycles. The molecule has 0 spiro atoms. The first-order valence-electron chi connectivity index (χ1n) is 21.5. The second kappa shape index (κ2) is 12.3. The maximum absolute atomic E-state index is 7.38. The van der Waals surface area contributed by atoms with Crippen molar-refractivity contribution in [2.45, 2.75) is 149 Å². The number of anilines is 5. The van der Waals surface area contributed by atoms with E-state index in [1.165, 1.54) is 91.1 Å². The minimum atomic E-state index is -0.116. The van der Waals surface area contributed by atoms with Crippen LogP contribution in [0.5, 0.6) is 5.75 Å². The topological polar surface area (TPSA) is 15.7 Å². The summed E-state index contributed by atoms with van der Waals surface area (Å²) in [4.78, 5) is 5.26. The molecule has 5 aromatic rings. The van der Waals surface area contributed by atoms with Gasteiger partial charge in [0.25, 0.3) is 6.71 Å². The molecule has 294 valence electrons. The molecule has 1 aliphatic carbocycles. The third kappa shape index (κ3) is 5.98. The third-order valence-electron chi connectivity index (χ3n) is 14.0. The summed E-state index contributed by atoms with van der Waals surface area (Å²) in [5.74, 6) is 1.02. The molecule has 0 saturated heterocycles. The lowest BCUT2D eigenvalue weighted by Crippen LogP contribution is -2.65. The highest BCUT2D eigenvalue weighted by atomic mass is 16.5. The first-order chi connectivity index (χ1) is 26.5. The summed E-state index contributed by atoms with van der Waals surface area (Å²) in [6.07, 6.45) is 2.38. The summed E-state index contributed by atoms with van der Waals surface area (Å²) in [5, 5.41) is 0. The molecule has 0 fully saturated rings. The van der Waals surface area contributed by atoms with Crippen molar-refractivity contribution in [2.75, 3.05) is 9.80 Å². The summed E-state index contributed by atoms with van der Waals surface area (Å²) in [5.41, 5.74) is 18.9. The highest BCUT2D eigenvalue weighted by molar-refractivity contribution is 6.91. The smallest absolute Gasteiger partial charge is 0.267 e. The Morgan fingerprint density at radius 3 is 1.79 bits per heavy atom. The Morgan fingerprint density at radius 1 is 0.579 bits per heavy atom. The average molecular weight is 755 g/mol. The molecule has 0 bridgehead atoms. The molecule has 0 radical (unpaired) electrons. The van der Waals surface area contributed by atoms with Crippen molar-refractivity contribution in [3.8, 4) is 5.75 Å². The first-order valence-corrected chi connectivity index (χ1v) is 21.5. The van der Waals surface area contributed by atoms with Crippen LogP contribution in [0, 0.1) is 6.92 Å². The van der Waals surface area contributed by atoms with Crippen LogP contribution in [0.25, 0.3) is 0 Å². The number of ether oxygens (including phenoxy) is 1. The highest BCUT2D eigenvalue weighted by Crippen LogP contribution is 2.55. The Bertz CT molecular complexity index is 2430. The summed E-state index contributed by atoms with van der Waals surface area (Å²) >= 11 is 0. The van der Waals surface area contributed by atoms with Crippen molar-refractivity contribution in [2.24, 2.45) is 0 Å². The van der Waals surface area contributed by atoms with Crippen molar-refractivity contribution in [3.05, 3.63) is 130 Å². The van der Waals surface area contributed by atoms with Crippen LogP contribution in [0.15, 0.2) is 91.0 Å². The Kier molecular flexibility index (Phi) is 8.22. The molecule has 2 unspecified atom stereocenters. The van der Waals surface area contributed by atoms with E-state index in [1.54, 1.807) is 0 Å². The van der Waals surface area contributed by atoms with Crippen LogP contribution in [0.1, 0.15) is 148 Å². The zero-order valence-corrected chi connectivity index (χ0v) is 37.1. The van der Waals surface area contributed by atoms with Crippen LogP contribution >= 0.6 is 0 Å². The zero-order valence-electron chi connectivity index (χ0n) is 37.1. The lowest BCUT2D eigenvalue weighted by atomic mass is 9.32. The molecule has 2 atom stereocenters. The van der Waals surface area contributed by atoms with Crippen LogP contribution < -0.4 is 25.5 Å². The molecular formula is C53H63BN2O. The van der Waals surface area contributed by atoms with Gasteiger partial charge in [0.05, 0.1) is 6.04 Å². The molecule has 0 N–H and O–H groups in total. The minimum Gasteiger partial charge on any atom is -0.495 e. The Balaban J connectivity index is 1.35. The predicted molar refractivity (Wildman–Crippen MR) is 244 cm³/mol. The van der Waals surface area contributed by atoms with Gasteiger partial charge in [-0.3, -0.25) is 0 Å². The molecule has 3 nitrogen and oxygen atoms in total. The SMILES string of the molecule is Cc1cc2c3c(c1)N(c1ccc4c(c1)C(C)(C)CCC4(C)C)C1c4cc(C(C)(C)C)ccc4OC1B3c1ccc(C(C)(C)C)cc1N2c1ccc(C(C)(C)C)cc1. The van der Waals surface area contributed by atoms with Gasteiger partial charge in [-0.05, 0) is 146 Å². The predicted octanol–water partition coefficient (Wildman–Crippen LogP) is 12.8. The second-order valence-corrected chi connectivity index (χ2v) is 22.2. The largest absolute Gasteiger partial charge is 0.495 e. The van der Waals surface area contributed by atoms with Crippen molar-refractivity contribution >= 4 is 46.1 Å². The number of hydrogen-bond acceptors (Lipinski definition) is 3. The summed E-state index contributed by atoms with van der Waals surface area (Å²) in [6, 6.07) is 35.9. The van der Waals surface area contributed by atoms with Gasteiger partial charge in [0, 0.05) is 34.0 Å². The number of hydrogen-bond donors (Lipinski definition) is 0. The van der Waals surface area contributed by atoms with Gasteiger partial charge in [-0.2, -0.15) is 0 Å². The Morgan fingerprint density at radius 2 is 1.14 bits per heavy atom. The van der Waals surface area contributed by atoms with Gasteiger partial charge in [0.2, 0.25) is 0 Å². The van der Waals surface area contributed by atoms with Gasteiger partial charge in [0.15, 0.2) is 0 Å². The summed E-state index contributed by atoms with van der Waals surface area (Å²) in [7, 11) is 0. The molecule has 4 heteroatoms. The fraction of sp³-hybridized carbons (Fsp3) is 0.434. The molecule has 57 heavy (non-hydrogen) atoms.